The Morgan fingerprint density at radius 3 is 3.00 bits per heavy atom. The van der Waals surface area contributed by atoms with E-state index in [1.165, 1.54) is 0 Å². The van der Waals surface area contributed by atoms with Crippen molar-refractivity contribution in [2.45, 2.75) is 25.5 Å². The standard InChI is InChI=1S/C10H20N2OS/c1-8(2)9-7-12-10(14-9)11-5-4-6-13-3/h8-9H,4-7H2,1-3H3,(H,11,12). The fourth-order valence-electron chi connectivity index (χ4n) is 1.25. The lowest BCUT2D eigenvalue weighted by molar-refractivity contribution is 0.196. The van der Waals surface area contributed by atoms with Crippen molar-refractivity contribution in [3.63, 3.8) is 0 Å². The molecule has 0 aliphatic carbocycles. The van der Waals surface area contributed by atoms with E-state index in [4.69, 9.17) is 4.74 Å². The minimum Gasteiger partial charge on any atom is -0.385 e. The zero-order chi connectivity index (χ0) is 10.4. The highest BCUT2D eigenvalue weighted by Crippen LogP contribution is 2.25. The molecular formula is C10H20N2OS. The molecule has 0 bridgehead atoms. The predicted molar refractivity (Wildman–Crippen MR) is 63.0 cm³/mol. The number of hydrogen-bond donors (Lipinski definition) is 1. The Bertz CT molecular complexity index is 195. The summed E-state index contributed by atoms with van der Waals surface area (Å²) in [5, 5.41) is 5.11. The average Bonchev–Trinajstić information content (AvgIpc) is 2.61. The minimum absolute atomic E-state index is 0.667. The molecule has 0 aromatic heterocycles. The van der Waals surface area contributed by atoms with E-state index < -0.39 is 0 Å². The summed E-state index contributed by atoms with van der Waals surface area (Å²) in [5.74, 6) is 0.710. The summed E-state index contributed by atoms with van der Waals surface area (Å²) >= 11 is 1.87. The number of amidine groups is 1. The summed E-state index contributed by atoms with van der Waals surface area (Å²) < 4.78 is 4.98. The third kappa shape index (κ3) is 3.88. The van der Waals surface area contributed by atoms with Crippen LogP contribution in [0.15, 0.2) is 4.99 Å². The van der Waals surface area contributed by atoms with Gasteiger partial charge in [-0.3, -0.25) is 4.99 Å². The summed E-state index contributed by atoms with van der Waals surface area (Å²) in [7, 11) is 1.73. The fraction of sp³-hybridized carbons (Fsp3) is 0.900. The quantitative estimate of drug-likeness (QED) is 0.711. The highest BCUT2D eigenvalue weighted by Gasteiger charge is 2.21. The zero-order valence-electron chi connectivity index (χ0n) is 9.25. The summed E-state index contributed by atoms with van der Waals surface area (Å²) in [6.45, 7) is 7.25. The molecule has 0 spiro atoms. The van der Waals surface area contributed by atoms with Gasteiger partial charge in [0.1, 0.15) is 0 Å². The molecule has 1 aliphatic heterocycles. The van der Waals surface area contributed by atoms with E-state index in [1.807, 2.05) is 11.8 Å². The van der Waals surface area contributed by atoms with E-state index in [9.17, 15) is 0 Å². The minimum atomic E-state index is 0.667. The third-order valence-corrected chi connectivity index (χ3v) is 3.72. The summed E-state index contributed by atoms with van der Waals surface area (Å²) in [6.07, 6.45) is 1.04. The molecule has 1 rings (SSSR count). The maximum Gasteiger partial charge on any atom is 0.156 e. The predicted octanol–water partition coefficient (Wildman–Crippen LogP) is 1.74. The second-order valence-electron chi connectivity index (χ2n) is 3.82. The van der Waals surface area contributed by atoms with Gasteiger partial charge in [-0.1, -0.05) is 25.6 Å². The van der Waals surface area contributed by atoms with E-state index in [0.29, 0.717) is 11.2 Å². The van der Waals surface area contributed by atoms with Gasteiger partial charge in [0.2, 0.25) is 0 Å². The lowest BCUT2D eigenvalue weighted by Crippen LogP contribution is -2.22. The van der Waals surface area contributed by atoms with E-state index in [2.05, 4.69) is 24.2 Å². The lowest BCUT2D eigenvalue weighted by atomic mass is 10.1. The Balaban J connectivity index is 2.10. The van der Waals surface area contributed by atoms with Crippen LogP contribution in [0.2, 0.25) is 0 Å². The Morgan fingerprint density at radius 2 is 2.43 bits per heavy atom. The van der Waals surface area contributed by atoms with Gasteiger partial charge in [0.15, 0.2) is 5.17 Å². The molecule has 0 radical (unpaired) electrons. The van der Waals surface area contributed by atoms with Crippen LogP contribution in [0.4, 0.5) is 0 Å². The van der Waals surface area contributed by atoms with Gasteiger partial charge in [0.25, 0.3) is 0 Å². The first kappa shape index (κ1) is 11.9. The van der Waals surface area contributed by atoms with Gasteiger partial charge in [-0.05, 0) is 12.3 Å². The first-order valence-electron chi connectivity index (χ1n) is 5.18. The molecule has 0 fully saturated rings. The maximum atomic E-state index is 4.98. The Hall–Kier alpha value is -0.220. The summed E-state index contributed by atoms with van der Waals surface area (Å²) in [5.41, 5.74) is 0. The molecule has 1 heterocycles. The third-order valence-electron chi connectivity index (χ3n) is 2.22. The molecule has 0 aromatic carbocycles. The van der Waals surface area contributed by atoms with Crippen LogP contribution in [-0.4, -0.2) is 37.2 Å². The number of hydrogen-bond acceptors (Lipinski definition) is 4. The van der Waals surface area contributed by atoms with Gasteiger partial charge < -0.3 is 10.1 Å². The second-order valence-corrected chi connectivity index (χ2v) is 5.05. The molecule has 1 N–H and O–H groups in total. The first-order valence-corrected chi connectivity index (χ1v) is 6.06. The first-order chi connectivity index (χ1) is 6.74. The molecule has 82 valence electrons. The van der Waals surface area contributed by atoms with Crippen LogP contribution in [0, 0.1) is 5.92 Å². The Kier molecular flexibility index (Phi) is 5.33. The smallest absolute Gasteiger partial charge is 0.156 e. The molecule has 0 saturated carbocycles. The number of nitrogens with one attached hydrogen (secondary N) is 1. The van der Waals surface area contributed by atoms with Crippen LogP contribution in [0.1, 0.15) is 20.3 Å². The highest BCUT2D eigenvalue weighted by molar-refractivity contribution is 8.14. The molecule has 3 nitrogen and oxygen atoms in total. The average molecular weight is 216 g/mol. The van der Waals surface area contributed by atoms with Crippen LogP contribution >= 0.6 is 11.8 Å². The van der Waals surface area contributed by atoms with Gasteiger partial charge in [0.05, 0.1) is 6.54 Å². The van der Waals surface area contributed by atoms with Crippen LogP contribution in [0.5, 0.6) is 0 Å². The number of nitrogens with zero attached hydrogens (tertiary/aromatic N) is 1. The summed E-state index contributed by atoms with van der Waals surface area (Å²) in [4.78, 5) is 4.46. The van der Waals surface area contributed by atoms with Gasteiger partial charge in [-0.15, -0.1) is 0 Å². The Morgan fingerprint density at radius 1 is 1.64 bits per heavy atom. The van der Waals surface area contributed by atoms with Crippen molar-refractivity contribution in [3.8, 4) is 0 Å². The van der Waals surface area contributed by atoms with Crippen LogP contribution in [0.25, 0.3) is 0 Å². The number of aliphatic imine (C=N–C) groups is 1. The van der Waals surface area contributed by atoms with Crippen LogP contribution < -0.4 is 5.32 Å². The van der Waals surface area contributed by atoms with Crippen LogP contribution in [-0.2, 0) is 4.74 Å². The molecule has 0 amide bonds. The normalized spacial score (nSPS) is 21.4. The molecule has 1 unspecified atom stereocenters. The SMILES string of the molecule is COCCCNC1=NCC(C(C)C)S1. The van der Waals surface area contributed by atoms with Gasteiger partial charge >= 0.3 is 0 Å². The molecule has 4 heteroatoms. The van der Waals surface area contributed by atoms with Crippen molar-refractivity contribution >= 4 is 16.9 Å². The second kappa shape index (κ2) is 6.30. The van der Waals surface area contributed by atoms with Gasteiger partial charge in [-0.25, -0.2) is 0 Å². The van der Waals surface area contributed by atoms with E-state index >= 15 is 0 Å². The van der Waals surface area contributed by atoms with Crippen molar-refractivity contribution in [1.29, 1.82) is 0 Å². The van der Waals surface area contributed by atoms with Crippen molar-refractivity contribution in [3.05, 3.63) is 0 Å². The number of ether oxygens (including phenoxy) is 1. The monoisotopic (exact) mass is 216 g/mol. The number of thioether (sulfide) groups is 1. The molecule has 14 heavy (non-hydrogen) atoms. The largest absolute Gasteiger partial charge is 0.385 e. The van der Waals surface area contributed by atoms with E-state index in [1.54, 1.807) is 7.11 Å². The number of rotatable bonds is 5. The highest BCUT2D eigenvalue weighted by atomic mass is 32.2. The molecule has 0 aromatic rings. The molecular weight excluding hydrogens is 196 g/mol. The maximum absolute atomic E-state index is 4.98. The van der Waals surface area contributed by atoms with E-state index in [0.717, 1.165) is 31.3 Å². The zero-order valence-corrected chi connectivity index (χ0v) is 10.1. The van der Waals surface area contributed by atoms with Gasteiger partial charge in [-0.2, -0.15) is 0 Å². The van der Waals surface area contributed by atoms with Crippen molar-refractivity contribution in [2.75, 3.05) is 26.8 Å². The molecule has 1 aliphatic rings. The summed E-state index contributed by atoms with van der Waals surface area (Å²) in [6, 6.07) is 0. The number of methoxy groups -OCH3 is 1. The van der Waals surface area contributed by atoms with Gasteiger partial charge in [0, 0.05) is 25.5 Å². The fourth-order valence-corrected chi connectivity index (χ4v) is 2.29. The lowest BCUT2D eigenvalue weighted by Gasteiger charge is -2.12. The van der Waals surface area contributed by atoms with Crippen molar-refractivity contribution < 1.29 is 4.74 Å². The molecule has 0 saturated heterocycles. The molecule has 1 atom stereocenters. The Labute approximate surface area is 90.7 Å². The van der Waals surface area contributed by atoms with Crippen molar-refractivity contribution in [2.24, 2.45) is 10.9 Å². The van der Waals surface area contributed by atoms with Crippen LogP contribution in [0.3, 0.4) is 0 Å². The topological polar surface area (TPSA) is 33.6 Å². The van der Waals surface area contributed by atoms with E-state index in [-0.39, 0.29) is 0 Å². The van der Waals surface area contributed by atoms with Crippen molar-refractivity contribution in [1.82, 2.24) is 5.32 Å².